The van der Waals surface area contributed by atoms with Crippen LogP contribution in [-0.4, -0.2) is 51.3 Å². The van der Waals surface area contributed by atoms with Crippen LogP contribution in [0.5, 0.6) is 0 Å². The number of nitrogens with zero attached hydrogens (tertiary/aromatic N) is 1. The van der Waals surface area contributed by atoms with E-state index in [2.05, 4.69) is 0 Å². The van der Waals surface area contributed by atoms with Crippen molar-refractivity contribution >= 4 is 18.0 Å². The number of aromatic carboxylic acids is 1. The first-order chi connectivity index (χ1) is 9.90. The number of hydrogen-bond donors (Lipinski definition) is 3. The summed E-state index contributed by atoms with van der Waals surface area (Å²) in [5.74, 6) is -3.36. The van der Waals surface area contributed by atoms with Gasteiger partial charge in [0.25, 0.3) is 0 Å². The van der Waals surface area contributed by atoms with E-state index in [-0.39, 0.29) is 25.1 Å². The largest absolute Gasteiger partial charge is 0.481 e. The van der Waals surface area contributed by atoms with Gasteiger partial charge in [-0.2, -0.15) is 0 Å². The molecule has 1 amide bonds. The number of carboxylic acid groups (broad SMARTS) is 3. The summed E-state index contributed by atoms with van der Waals surface area (Å²) < 4.78 is 0. The average Bonchev–Trinajstić information content (AvgIpc) is 2.46. The van der Waals surface area contributed by atoms with Crippen molar-refractivity contribution in [2.24, 2.45) is 5.92 Å². The van der Waals surface area contributed by atoms with Crippen LogP contribution in [0.3, 0.4) is 0 Å². The summed E-state index contributed by atoms with van der Waals surface area (Å²) in [6, 6.07) is 6.00. The maximum Gasteiger partial charge on any atom is 0.407 e. The van der Waals surface area contributed by atoms with Crippen LogP contribution in [0.15, 0.2) is 24.3 Å². The number of piperidine rings is 1. The second kappa shape index (κ2) is 5.82. The molecule has 1 aliphatic heterocycles. The van der Waals surface area contributed by atoms with Gasteiger partial charge in [0.1, 0.15) is 0 Å². The summed E-state index contributed by atoms with van der Waals surface area (Å²) in [5, 5.41) is 27.3. The fraction of sp³-hybridized carbons (Fsp3) is 0.357. The van der Waals surface area contributed by atoms with Crippen molar-refractivity contribution in [2.45, 2.75) is 12.3 Å². The van der Waals surface area contributed by atoms with Crippen molar-refractivity contribution in [1.82, 2.24) is 4.90 Å². The van der Waals surface area contributed by atoms with Crippen LogP contribution in [-0.2, 0) is 4.79 Å². The molecule has 0 bridgehead atoms. The van der Waals surface area contributed by atoms with Gasteiger partial charge in [-0.25, -0.2) is 9.59 Å². The van der Waals surface area contributed by atoms with Crippen molar-refractivity contribution in [2.75, 3.05) is 13.1 Å². The Morgan fingerprint density at radius 1 is 1.14 bits per heavy atom. The molecule has 1 fully saturated rings. The number of carboxylic acids is 2. The first-order valence-corrected chi connectivity index (χ1v) is 6.44. The van der Waals surface area contributed by atoms with E-state index in [1.54, 1.807) is 6.07 Å². The van der Waals surface area contributed by atoms with Gasteiger partial charge >= 0.3 is 18.0 Å². The minimum absolute atomic E-state index is 0.0510. The third kappa shape index (κ3) is 3.13. The number of amides is 1. The third-order valence-corrected chi connectivity index (χ3v) is 3.76. The lowest BCUT2D eigenvalue weighted by molar-refractivity contribution is -0.144. The zero-order valence-corrected chi connectivity index (χ0v) is 11.1. The van der Waals surface area contributed by atoms with Gasteiger partial charge in [0.2, 0.25) is 0 Å². The van der Waals surface area contributed by atoms with Crippen LogP contribution in [0.1, 0.15) is 28.3 Å². The molecule has 2 unspecified atom stereocenters. The quantitative estimate of drug-likeness (QED) is 0.778. The molecular weight excluding hydrogens is 278 g/mol. The maximum absolute atomic E-state index is 11.4. The van der Waals surface area contributed by atoms with E-state index >= 15 is 0 Å². The standard InChI is InChI=1S/C14H15NO6/c16-12(17)9-3-1-2-8(6-9)11-7-15(14(20)21)5-4-10(11)13(18)19/h1-3,6,10-11H,4-5,7H2,(H,16,17)(H,18,19)(H,20,21). The number of likely N-dealkylation sites (tertiary alicyclic amines) is 1. The highest BCUT2D eigenvalue weighted by Crippen LogP contribution is 2.33. The molecule has 2 rings (SSSR count). The third-order valence-electron chi connectivity index (χ3n) is 3.76. The van der Waals surface area contributed by atoms with Gasteiger partial charge in [-0.05, 0) is 24.1 Å². The van der Waals surface area contributed by atoms with Gasteiger partial charge in [0.05, 0.1) is 11.5 Å². The molecule has 3 N–H and O–H groups in total. The molecule has 7 heteroatoms. The molecule has 1 heterocycles. The first-order valence-electron chi connectivity index (χ1n) is 6.44. The van der Waals surface area contributed by atoms with Gasteiger partial charge in [-0.1, -0.05) is 12.1 Å². The highest BCUT2D eigenvalue weighted by molar-refractivity contribution is 5.87. The first kappa shape index (κ1) is 14.8. The molecule has 0 spiro atoms. The van der Waals surface area contributed by atoms with E-state index in [1.165, 1.54) is 18.2 Å². The van der Waals surface area contributed by atoms with Crippen LogP contribution in [0.2, 0.25) is 0 Å². The summed E-state index contributed by atoms with van der Waals surface area (Å²) in [5.41, 5.74) is 0.595. The highest BCUT2D eigenvalue weighted by atomic mass is 16.4. The zero-order chi connectivity index (χ0) is 15.6. The Morgan fingerprint density at radius 2 is 1.86 bits per heavy atom. The van der Waals surface area contributed by atoms with Gasteiger partial charge in [0.15, 0.2) is 0 Å². The number of rotatable bonds is 3. The monoisotopic (exact) mass is 293 g/mol. The summed E-state index contributed by atoms with van der Waals surface area (Å²) in [6.45, 7) is 0.219. The topological polar surface area (TPSA) is 115 Å². The summed E-state index contributed by atoms with van der Waals surface area (Å²) in [4.78, 5) is 34.6. The van der Waals surface area contributed by atoms with Crippen LogP contribution >= 0.6 is 0 Å². The van der Waals surface area contributed by atoms with Crippen LogP contribution in [0, 0.1) is 5.92 Å². The van der Waals surface area contributed by atoms with Gasteiger partial charge < -0.3 is 20.2 Å². The molecule has 1 aromatic carbocycles. The van der Waals surface area contributed by atoms with E-state index < -0.39 is 29.9 Å². The lowest BCUT2D eigenvalue weighted by Gasteiger charge is -2.35. The predicted molar refractivity (Wildman–Crippen MR) is 71.5 cm³/mol. The van der Waals surface area contributed by atoms with E-state index in [0.717, 1.165) is 4.90 Å². The van der Waals surface area contributed by atoms with Crippen molar-refractivity contribution in [3.63, 3.8) is 0 Å². The van der Waals surface area contributed by atoms with Gasteiger partial charge in [-0.3, -0.25) is 4.79 Å². The van der Waals surface area contributed by atoms with Crippen LogP contribution in [0.4, 0.5) is 4.79 Å². The zero-order valence-electron chi connectivity index (χ0n) is 11.1. The average molecular weight is 293 g/mol. The Morgan fingerprint density at radius 3 is 2.43 bits per heavy atom. The second-order valence-corrected chi connectivity index (χ2v) is 5.00. The fourth-order valence-electron chi connectivity index (χ4n) is 2.66. The highest BCUT2D eigenvalue weighted by Gasteiger charge is 2.36. The van der Waals surface area contributed by atoms with E-state index in [4.69, 9.17) is 10.2 Å². The molecule has 7 nitrogen and oxygen atoms in total. The minimum Gasteiger partial charge on any atom is -0.481 e. The van der Waals surface area contributed by atoms with Crippen LogP contribution in [0.25, 0.3) is 0 Å². The molecule has 112 valence electrons. The molecule has 2 atom stereocenters. The van der Waals surface area contributed by atoms with Crippen molar-refractivity contribution in [3.8, 4) is 0 Å². The molecule has 0 radical (unpaired) electrons. The van der Waals surface area contributed by atoms with Crippen LogP contribution < -0.4 is 0 Å². The molecule has 0 aliphatic carbocycles. The molecule has 1 aliphatic rings. The van der Waals surface area contributed by atoms with E-state index in [0.29, 0.717) is 5.56 Å². The Kier molecular flexibility index (Phi) is 4.11. The molecular formula is C14H15NO6. The predicted octanol–water partition coefficient (Wildman–Crippen LogP) is 1.55. The molecule has 1 aromatic rings. The van der Waals surface area contributed by atoms with Gasteiger partial charge in [0, 0.05) is 19.0 Å². The lowest BCUT2D eigenvalue weighted by Crippen LogP contribution is -2.44. The summed E-state index contributed by atoms with van der Waals surface area (Å²) in [7, 11) is 0. The maximum atomic E-state index is 11.4. The van der Waals surface area contributed by atoms with Crippen molar-refractivity contribution < 1.29 is 29.7 Å². The lowest BCUT2D eigenvalue weighted by atomic mass is 9.80. The number of hydrogen-bond acceptors (Lipinski definition) is 3. The number of carbonyl (C=O) groups is 3. The SMILES string of the molecule is O=C(O)c1cccc(C2CN(C(=O)O)CCC2C(=O)O)c1. The van der Waals surface area contributed by atoms with E-state index in [9.17, 15) is 19.5 Å². The Bertz CT molecular complexity index is 585. The second-order valence-electron chi connectivity index (χ2n) is 5.00. The van der Waals surface area contributed by atoms with Crippen molar-refractivity contribution in [3.05, 3.63) is 35.4 Å². The molecule has 21 heavy (non-hydrogen) atoms. The number of aliphatic carboxylic acids is 1. The smallest absolute Gasteiger partial charge is 0.407 e. The van der Waals surface area contributed by atoms with E-state index in [1.807, 2.05) is 0 Å². The molecule has 1 saturated heterocycles. The van der Waals surface area contributed by atoms with Crippen molar-refractivity contribution in [1.29, 1.82) is 0 Å². The Balaban J connectivity index is 2.35. The summed E-state index contributed by atoms with van der Waals surface area (Å²) >= 11 is 0. The fourth-order valence-corrected chi connectivity index (χ4v) is 2.66. The molecule has 0 aromatic heterocycles. The Hall–Kier alpha value is -2.57. The normalized spacial score (nSPS) is 21.8. The summed E-state index contributed by atoms with van der Waals surface area (Å²) in [6.07, 6.45) is -0.887. The Labute approximate surface area is 120 Å². The molecule has 0 saturated carbocycles. The number of benzene rings is 1. The minimum atomic E-state index is -1.10. The van der Waals surface area contributed by atoms with Gasteiger partial charge in [-0.15, -0.1) is 0 Å².